The summed E-state index contributed by atoms with van der Waals surface area (Å²) in [5, 5.41) is 2.71. The van der Waals surface area contributed by atoms with E-state index in [0.717, 1.165) is 12.0 Å². The lowest BCUT2D eigenvalue weighted by Gasteiger charge is -2.18. The van der Waals surface area contributed by atoms with Crippen molar-refractivity contribution in [3.8, 4) is 0 Å². The van der Waals surface area contributed by atoms with Crippen molar-refractivity contribution in [1.29, 1.82) is 0 Å². The van der Waals surface area contributed by atoms with Crippen LogP contribution in [0.15, 0.2) is 48.8 Å². The van der Waals surface area contributed by atoms with E-state index in [4.69, 9.17) is 0 Å². The lowest BCUT2D eigenvalue weighted by molar-refractivity contribution is 0.590. The molecule has 0 spiro atoms. The number of halogens is 2. The van der Waals surface area contributed by atoms with Gasteiger partial charge in [-0.3, -0.25) is 4.98 Å². The van der Waals surface area contributed by atoms with E-state index in [2.05, 4.69) is 20.3 Å². The molecule has 1 N–H and O–H groups in total. The Kier molecular flexibility index (Phi) is 5.36. The molecule has 3 rings (SSSR count). The maximum absolute atomic E-state index is 13.8. The smallest absolute Gasteiger partial charge is 0.227 e. The Hall–Kier alpha value is -3.09. The number of rotatable bonds is 6. The molecule has 2 aromatic heterocycles. The summed E-state index contributed by atoms with van der Waals surface area (Å²) in [6, 6.07) is 9.27. The Bertz CT molecular complexity index is 866. The average molecular weight is 355 g/mol. The first-order valence-electron chi connectivity index (χ1n) is 8.19. The fraction of sp³-hybridized carbons (Fsp3) is 0.211. The highest BCUT2D eigenvalue weighted by Crippen LogP contribution is 2.23. The predicted octanol–water partition coefficient (Wildman–Crippen LogP) is 3.88. The summed E-state index contributed by atoms with van der Waals surface area (Å²) in [4.78, 5) is 14.7. The van der Waals surface area contributed by atoms with Crippen LogP contribution in [0.5, 0.6) is 0 Å². The first-order chi connectivity index (χ1) is 12.5. The first-order valence-corrected chi connectivity index (χ1v) is 8.19. The van der Waals surface area contributed by atoms with Gasteiger partial charge in [0.25, 0.3) is 0 Å². The first kappa shape index (κ1) is 17.7. The highest BCUT2D eigenvalue weighted by molar-refractivity contribution is 5.59. The maximum atomic E-state index is 13.8. The number of para-hydroxylation sites is 1. The molecule has 0 aliphatic carbocycles. The number of aryl methyl sites for hydroxylation is 1. The van der Waals surface area contributed by atoms with Crippen molar-refractivity contribution in [2.24, 2.45) is 0 Å². The Morgan fingerprint density at radius 3 is 2.42 bits per heavy atom. The predicted molar refractivity (Wildman–Crippen MR) is 97.6 cm³/mol. The topological polar surface area (TPSA) is 53.9 Å². The zero-order valence-electron chi connectivity index (χ0n) is 14.6. The van der Waals surface area contributed by atoms with Crippen LogP contribution in [0.3, 0.4) is 0 Å². The third-order valence-corrected chi connectivity index (χ3v) is 3.88. The van der Waals surface area contributed by atoms with Crippen molar-refractivity contribution >= 4 is 17.5 Å². The molecule has 26 heavy (non-hydrogen) atoms. The fourth-order valence-corrected chi connectivity index (χ4v) is 2.48. The summed E-state index contributed by atoms with van der Waals surface area (Å²) >= 11 is 0. The molecule has 0 aliphatic rings. The monoisotopic (exact) mass is 355 g/mol. The van der Waals surface area contributed by atoms with Crippen molar-refractivity contribution in [3.05, 3.63) is 71.7 Å². The standard InChI is InChI=1S/C19H19F2N5/c1-13-12-17(24-18-15(20)4-3-5-16(18)21)25-19(23-13)26(2)11-8-14-6-9-22-10-7-14/h3-7,9-10,12H,8,11H2,1-2H3,(H,23,24,25). The molecule has 0 atom stereocenters. The maximum Gasteiger partial charge on any atom is 0.227 e. The van der Waals surface area contributed by atoms with Gasteiger partial charge in [-0.05, 0) is 43.2 Å². The van der Waals surface area contributed by atoms with Crippen LogP contribution in [0.2, 0.25) is 0 Å². The lowest BCUT2D eigenvalue weighted by Crippen LogP contribution is -2.23. The van der Waals surface area contributed by atoms with Crippen LogP contribution in [0.1, 0.15) is 11.3 Å². The molecule has 0 saturated heterocycles. The highest BCUT2D eigenvalue weighted by Gasteiger charge is 2.12. The number of nitrogens with zero attached hydrogens (tertiary/aromatic N) is 4. The van der Waals surface area contributed by atoms with E-state index in [9.17, 15) is 8.78 Å². The third kappa shape index (κ3) is 4.30. The number of aromatic nitrogens is 3. The minimum absolute atomic E-state index is 0.226. The summed E-state index contributed by atoms with van der Waals surface area (Å²) in [7, 11) is 1.88. The van der Waals surface area contributed by atoms with Gasteiger partial charge in [0.2, 0.25) is 5.95 Å². The molecule has 0 unspecified atom stereocenters. The molecule has 2 heterocycles. The van der Waals surface area contributed by atoms with Crippen LogP contribution in [-0.4, -0.2) is 28.5 Å². The normalized spacial score (nSPS) is 10.6. The van der Waals surface area contributed by atoms with Gasteiger partial charge in [-0.1, -0.05) is 6.07 Å². The Balaban J connectivity index is 1.76. The van der Waals surface area contributed by atoms with Crippen LogP contribution < -0.4 is 10.2 Å². The molecular weight excluding hydrogens is 336 g/mol. The Labute approximate surface area is 150 Å². The van der Waals surface area contributed by atoms with Crippen molar-refractivity contribution in [2.45, 2.75) is 13.3 Å². The van der Waals surface area contributed by atoms with Gasteiger partial charge in [0.05, 0.1) is 0 Å². The summed E-state index contributed by atoms with van der Waals surface area (Å²) in [5.41, 5.74) is 1.63. The Morgan fingerprint density at radius 1 is 1.04 bits per heavy atom. The molecule has 3 aromatic rings. The quantitative estimate of drug-likeness (QED) is 0.727. The molecular formula is C19H19F2N5. The van der Waals surface area contributed by atoms with Crippen LogP contribution in [0.4, 0.5) is 26.2 Å². The van der Waals surface area contributed by atoms with Gasteiger partial charge in [-0.2, -0.15) is 4.98 Å². The summed E-state index contributed by atoms with van der Waals surface area (Å²) < 4.78 is 27.7. The van der Waals surface area contributed by atoms with Gasteiger partial charge >= 0.3 is 0 Å². The summed E-state index contributed by atoms with van der Waals surface area (Å²) in [5.74, 6) is -0.520. The SMILES string of the molecule is Cc1cc(Nc2c(F)cccc2F)nc(N(C)CCc2ccncc2)n1. The molecule has 1 aromatic carbocycles. The molecule has 0 saturated carbocycles. The van der Waals surface area contributed by atoms with Gasteiger partial charge in [-0.25, -0.2) is 13.8 Å². The van der Waals surface area contributed by atoms with E-state index in [1.165, 1.54) is 18.2 Å². The number of anilines is 3. The van der Waals surface area contributed by atoms with Crippen molar-refractivity contribution in [2.75, 3.05) is 23.8 Å². The molecule has 0 aliphatic heterocycles. The van der Waals surface area contributed by atoms with Gasteiger partial charge in [-0.15, -0.1) is 0 Å². The summed E-state index contributed by atoms with van der Waals surface area (Å²) in [6.07, 6.45) is 4.31. The highest BCUT2D eigenvalue weighted by atomic mass is 19.1. The van der Waals surface area contributed by atoms with E-state index in [1.54, 1.807) is 18.5 Å². The molecule has 0 bridgehead atoms. The molecule has 7 heteroatoms. The number of hydrogen-bond donors (Lipinski definition) is 1. The number of nitrogens with one attached hydrogen (secondary N) is 1. The average Bonchev–Trinajstić information content (AvgIpc) is 2.63. The molecule has 0 radical (unpaired) electrons. The van der Waals surface area contributed by atoms with Crippen LogP contribution in [0.25, 0.3) is 0 Å². The number of benzene rings is 1. The van der Waals surface area contributed by atoms with E-state index in [1.807, 2.05) is 31.0 Å². The number of hydrogen-bond acceptors (Lipinski definition) is 5. The van der Waals surface area contributed by atoms with E-state index in [-0.39, 0.29) is 5.69 Å². The van der Waals surface area contributed by atoms with Gasteiger partial charge < -0.3 is 10.2 Å². The van der Waals surface area contributed by atoms with Crippen molar-refractivity contribution in [1.82, 2.24) is 15.0 Å². The van der Waals surface area contributed by atoms with Crippen molar-refractivity contribution < 1.29 is 8.78 Å². The minimum Gasteiger partial charge on any atom is -0.343 e. The van der Waals surface area contributed by atoms with Crippen LogP contribution in [0, 0.1) is 18.6 Å². The zero-order chi connectivity index (χ0) is 18.5. The van der Waals surface area contributed by atoms with Crippen molar-refractivity contribution in [3.63, 3.8) is 0 Å². The van der Waals surface area contributed by atoms with Gasteiger partial charge in [0, 0.05) is 37.7 Å². The zero-order valence-corrected chi connectivity index (χ0v) is 14.6. The Morgan fingerprint density at radius 2 is 1.73 bits per heavy atom. The lowest BCUT2D eigenvalue weighted by atomic mass is 10.2. The second kappa shape index (κ2) is 7.86. The molecule has 5 nitrogen and oxygen atoms in total. The molecule has 0 amide bonds. The van der Waals surface area contributed by atoms with Gasteiger partial charge in [0.1, 0.15) is 23.1 Å². The third-order valence-electron chi connectivity index (χ3n) is 3.88. The molecule has 134 valence electrons. The summed E-state index contributed by atoms with van der Waals surface area (Å²) in [6.45, 7) is 2.51. The number of likely N-dealkylation sites (N-methyl/N-ethyl adjacent to an activating group) is 1. The van der Waals surface area contributed by atoms with Crippen LogP contribution >= 0.6 is 0 Å². The van der Waals surface area contributed by atoms with E-state index >= 15 is 0 Å². The van der Waals surface area contributed by atoms with E-state index < -0.39 is 11.6 Å². The van der Waals surface area contributed by atoms with E-state index in [0.29, 0.717) is 24.0 Å². The second-order valence-corrected chi connectivity index (χ2v) is 5.94. The second-order valence-electron chi connectivity index (χ2n) is 5.94. The molecule has 0 fully saturated rings. The minimum atomic E-state index is -0.672. The van der Waals surface area contributed by atoms with Gasteiger partial charge in [0.15, 0.2) is 0 Å². The largest absolute Gasteiger partial charge is 0.343 e. The fourth-order valence-electron chi connectivity index (χ4n) is 2.48. The number of pyridine rings is 1. The van der Waals surface area contributed by atoms with Crippen LogP contribution in [-0.2, 0) is 6.42 Å².